The third-order valence-corrected chi connectivity index (χ3v) is 2.30. The fourth-order valence-electron chi connectivity index (χ4n) is 1.30. The molecule has 17 heavy (non-hydrogen) atoms. The lowest BCUT2D eigenvalue weighted by Crippen LogP contribution is -2.39. The highest BCUT2D eigenvalue weighted by molar-refractivity contribution is 5.81. The fourth-order valence-corrected chi connectivity index (χ4v) is 1.30. The van der Waals surface area contributed by atoms with E-state index in [1.807, 2.05) is 0 Å². The molecule has 0 unspecified atom stereocenters. The van der Waals surface area contributed by atoms with Crippen molar-refractivity contribution in [1.29, 1.82) is 0 Å². The van der Waals surface area contributed by atoms with Gasteiger partial charge in [-0.3, -0.25) is 4.79 Å². The number of alkyl halides is 3. The van der Waals surface area contributed by atoms with E-state index in [-0.39, 0.29) is 6.54 Å². The van der Waals surface area contributed by atoms with Gasteiger partial charge in [-0.15, -0.1) is 0 Å². The molecule has 0 spiro atoms. The molecule has 0 heterocycles. The molecule has 94 valence electrons. The van der Waals surface area contributed by atoms with Crippen molar-refractivity contribution in [2.24, 2.45) is 0 Å². The number of nitrogens with two attached hydrogens (primary N) is 1. The quantitative estimate of drug-likeness (QED) is 0.827. The number of benzene rings is 1. The molecule has 0 bridgehead atoms. The standard InChI is InChI=1S/C11H13F3N2O/c1-16(10(17)11(12,13)14)7-6-8-2-4-9(15)5-3-8/h2-5H,6-7,15H2,1H3. The van der Waals surface area contributed by atoms with E-state index < -0.39 is 12.1 Å². The van der Waals surface area contributed by atoms with Gasteiger partial charge in [-0.05, 0) is 24.1 Å². The summed E-state index contributed by atoms with van der Waals surface area (Å²) in [6.45, 7) is 0.0161. The number of nitrogens with zero attached hydrogens (tertiary/aromatic N) is 1. The maximum Gasteiger partial charge on any atom is 0.471 e. The SMILES string of the molecule is CN(CCc1ccc(N)cc1)C(=O)C(F)(F)F. The third kappa shape index (κ3) is 3.97. The van der Waals surface area contributed by atoms with Crippen molar-refractivity contribution >= 4 is 11.6 Å². The Labute approximate surface area is 97.0 Å². The topological polar surface area (TPSA) is 46.3 Å². The minimum Gasteiger partial charge on any atom is -0.399 e. The molecule has 0 atom stereocenters. The average Bonchev–Trinajstić information content (AvgIpc) is 2.25. The van der Waals surface area contributed by atoms with Crippen LogP contribution in [0.4, 0.5) is 18.9 Å². The first kappa shape index (κ1) is 13.3. The van der Waals surface area contributed by atoms with Crippen molar-refractivity contribution < 1.29 is 18.0 Å². The summed E-state index contributed by atoms with van der Waals surface area (Å²) in [5, 5.41) is 0. The van der Waals surface area contributed by atoms with Crippen LogP contribution in [-0.2, 0) is 11.2 Å². The summed E-state index contributed by atoms with van der Waals surface area (Å²) >= 11 is 0. The zero-order valence-corrected chi connectivity index (χ0v) is 9.29. The van der Waals surface area contributed by atoms with E-state index >= 15 is 0 Å². The van der Waals surface area contributed by atoms with Crippen molar-refractivity contribution in [3.8, 4) is 0 Å². The molecule has 1 aromatic carbocycles. The maximum atomic E-state index is 12.1. The molecule has 0 aliphatic carbocycles. The second-order valence-electron chi connectivity index (χ2n) is 3.72. The number of halogens is 3. The lowest BCUT2D eigenvalue weighted by Gasteiger charge is -2.18. The van der Waals surface area contributed by atoms with Gasteiger partial charge in [-0.1, -0.05) is 12.1 Å². The highest BCUT2D eigenvalue weighted by Crippen LogP contribution is 2.17. The Morgan fingerprint density at radius 1 is 1.29 bits per heavy atom. The maximum absolute atomic E-state index is 12.1. The number of nitrogen functional groups attached to an aromatic ring is 1. The predicted octanol–water partition coefficient (Wildman–Crippen LogP) is 1.83. The molecule has 1 amide bonds. The summed E-state index contributed by atoms with van der Waals surface area (Å²) < 4.78 is 36.2. The molecule has 0 saturated carbocycles. The highest BCUT2D eigenvalue weighted by Gasteiger charge is 2.40. The van der Waals surface area contributed by atoms with Crippen LogP contribution in [0.5, 0.6) is 0 Å². The summed E-state index contributed by atoms with van der Waals surface area (Å²) in [6, 6.07) is 6.78. The van der Waals surface area contributed by atoms with Crippen LogP contribution < -0.4 is 5.73 Å². The number of rotatable bonds is 3. The monoisotopic (exact) mass is 246 g/mol. The van der Waals surface area contributed by atoms with E-state index in [0.29, 0.717) is 17.0 Å². The van der Waals surface area contributed by atoms with Gasteiger partial charge in [0.1, 0.15) is 0 Å². The minimum absolute atomic E-state index is 0.0161. The predicted molar refractivity (Wildman–Crippen MR) is 58.3 cm³/mol. The van der Waals surface area contributed by atoms with Crippen LogP contribution in [0.1, 0.15) is 5.56 Å². The van der Waals surface area contributed by atoms with Crippen LogP contribution in [0.3, 0.4) is 0 Å². The van der Waals surface area contributed by atoms with Gasteiger partial charge in [-0.25, -0.2) is 0 Å². The first-order chi connectivity index (χ1) is 7.80. The fraction of sp³-hybridized carbons (Fsp3) is 0.364. The van der Waals surface area contributed by atoms with Gasteiger partial charge in [-0.2, -0.15) is 13.2 Å². The van der Waals surface area contributed by atoms with Crippen LogP contribution in [0.2, 0.25) is 0 Å². The van der Waals surface area contributed by atoms with Gasteiger partial charge >= 0.3 is 12.1 Å². The van der Waals surface area contributed by atoms with Gasteiger partial charge in [0.15, 0.2) is 0 Å². The average molecular weight is 246 g/mol. The van der Waals surface area contributed by atoms with E-state index in [1.165, 1.54) is 0 Å². The number of hydrogen-bond acceptors (Lipinski definition) is 2. The van der Waals surface area contributed by atoms with Crippen molar-refractivity contribution in [3.05, 3.63) is 29.8 Å². The molecule has 0 saturated heterocycles. The first-order valence-corrected chi connectivity index (χ1v) is 4.97. The van der Waals surface area contributed by atoms with E-state index in [9.17, 15) is 18.0 Å². The number of hydrogen-bond donors (Lipinski definition) is 1. The zero-order chi connectivity index (χ0) is 13.1. The molecule has 0 aliphatic heterocycles. The molecule has 2 N–H and O–H groups in total. The van der Waals surface area contributed by atoms with Gasteiger partial charge in [0.2, 0.25) is 0 Å². The van der Waals surface area contributed by atoms with Crippen LogP contribution in [0.15, 0.2) is 24.3 Å². The van der Waals surface area contributed by atoms with Crippen molar-refractivity contribution in [1.82, 2.24) is 4.90 Å². The number of amides is 1. The van der Waals surface area contributed by atoms with Crippen LogP contribution >= 0.6 is 0 Å². The third-order valence-electron chi connectivity index (χ3n) is 2.30. The molecule has 6 heteroatoms. The summed E-state index contributed by atoms with van der Waals surface area (Å²) in [4.78, 5) is 11.5. The Balaban J connectivity index is 2.51. The van der Waals surface area contributed by atoms with E-state index in [4.69, 9.17) is 5.73 Å². The second-order valence-corrected chi connectivity index (χ2v) is 3.72. The number of anilines is 1. The Morgan fingerprint density at radius 3 is 2.29 bits per heavy atom. The summed E-state index contributed by atoms with van der Waals surface area (Å²) in [6.07, 6.45) is -4.45. The molecular weight excluding hydrogens is 233 g/mol. The van der Waals surface area contributed by atoms with Gasteiger partial charge < -0.3 is 10.6 Å². The van der Waals surface area contributed by atoms with E-state index in [2.05, 4.69) is 0 Å². The Hall–Kier alpha value is -1.72. The molecule has 0 aromatic heterocycles. The van der Waals surface area contributed by atoms with Gasteiger partial charge in [0.25, 0.3) is 0 Å². The van der Waals surface area contributed by atoms with Crippen LogP contribution in [0, 0.1) is 0 Å². The molecule has 0 aliphatic rings. The number of carbonyl (C=O) groups excluding carboxylic acids is 1. The summed E-state index contributed by atoms with van der Waals surface area (Å²) in [7, 11) is 1.13. The van der Waals surface area contributed by atoms with Crippen LogP contribution in [0.25, 0.3) is 0 Å². The van der Waals surface area contributed by atoms with Gasteiger partial charge in [0, 0.05) is 19.3 Å². The molecule has 0 radical (unpaired) electrons. The van der Waals surface area contributed by atoms with E-state index in [1.54, 1.807) is 24.3 Å². The molecule has 3 nitrogen and oxygen atoms in total. The lowest BCUT2D eigenvalue weighted by atomic mass is 10.1. The normalized spacial score (nSPS) is 11.3. The second kappa shape index (κ2) is 5.07. The summed E-state index contributed by atoms with van der Waals surface area (Å²) in [5.41, 5.74) is 6.90. The molecule has 1 aromatic rings. The van der Waals surface area contributed by atoms with Crippen molar-refractivity contribution in [3.63, 3.8) is 0 Å². The minimum atomic E-state index is -4.81. The Bertz CT molecular complexity index is 387. The highest BCUT2D eigenvalue weighted by atomic mass is 19.4. The Morgan fingerprint density at radius 2 is 1.82 bits per heavy atom. The number of likely N-dealkylation sites (N-methyl/N-ethyl adjacent to an activating group) is 1. The molecule has 0 fully saturated rings. The van der Waals surface area contributed by atoms with Crippen molar-refractivity contribution in [2.45, 2.75) is 12.6 Å². The smallest absolute Gasteiger partial charge is 0.399 e. The van der Waals surface area contributed by atoms with Gasteiger partial charge in [0.05, 0.1) is 0 Å². The number of carbonyl (C=O) groups is 1. The lowest BCUT2D eigenvalue weighted by molar-refractivity contribution is -0.184. The molecule has 1 rings (SSSR count). The zero-order valence-electron chi connectivity index (χ0n) is 9.29. The largest absolute Gasteiger partial charge is 0.471 e. The summed E-state index contributed by atoms with van der Waals surface area (Å²) in [5.74, 6) is -1.83. The van der Waals surface area contributed by atoms with Crippen molar-refractivity contribution in [2.75, 3.05) is 19.3 Å². The molecular formula is C11H13F3N2O. The van der Waals surface area contributed by atoms with Crippen LogP contribution in [-0.4, -0.2) is 30.6 Å². The Kier molecular flexibility index (Phi) is 3.98. The first-order valence-electron chi connectivity index (χ1n) is 4.97. The van der Waals surface area contributed by atoms with E-state index in [0.717, 1.165) is 12.6 Å².